The highest BCUT2D eigenvalue weighted by Crippen LogP contribution is 2.28. The van der Waals surface area contributed by atoms with Gasteiger partial charge in [0.25, 0.3) is 0 Å². The summed E-state index contributed by atoms with van der Waals surface area (Å²) in [5.41, 5.74) is 2.20. The van der Waals surface area contributed by atoms with Gasteiger partial charge in [-0.1, -0.05) is 59.4 Å². The molecule has 0 aliphatic carbocycles. The zero-order valence-corrected chi connectivity index (χ0v) is 15.0. The summed E-state index contributed by atoms with van der Waals surface area (Å²) in [6, 6.07) is 18.0. The molecule has 2 aromatic carbocycles. The second-order valence-electron chi connectivity index (χ2n) is 5.34. The first-order valence-electron chi connectivity index (χ1n) is 7.55. The van der Waals surface area contributed by atoms with Crippen molar-refractivity contribution in [3.05, 3.63) is 60.2 Å². The van der Waals surface area contributed by atoms with Crippen molar-refractivity contribution in [1.82, 2.24) is 10.2 Å². The number of rotatable bonds is 5. The number of anilines is 1. The summed E-state index contributed by atoms with van der Waals surface area (Å²) < 4.78 is 0. The molecule has 3 aromatic rings. The van der Waals surface area contributed by atoms with Crippen molar-refractivity contribution < 1.29 is 4.79 Å². The van der Waals surface area contributed by atoms with Crippen LogP contribution in [0.4, 0.5) is 5.13 Å². The molecule has 0 saturated heterocycles. The molecule has 0 fully saturated rings. The van der Waals surface area contributed by atoms with Gasteiger partial charge in [0, 0.05) is 10.5 Å². The van der Waals surface area contributed by atoms with Crippen LogP contribution in [0.25, 0.3) is 10.6 Å². The van der Waals surface area contributed by atoms with Crippen molar-refractivity contribution in [3.8, 4) is 10.6 Å². The summed E-state index contributed by atoms with van der Waals surface area (Å²) in [6.07, 6.45) is 0. The molecule has 0 bridgehead atoms. The maximum atomic E-state index is 12.3. The van der Waals surface area contributed by atoms with E-state index < -0.39 is 0 Å². The molecule has 0 spiro atoms. The molecule has 0 unspecified atom stereocenters. The van der Waals surface area contributed by atoms with E-state index in [9.17, 15) is 4.79 Å². The maximum Gasteiger partial charge on any atom is 0.239 e. The van der Waals surface area contributed by atoms with Gasteiger partial charge in [-0.25, -0.2) is 0 Å². The van der Waals surface area contributed by atoms with E-state index in [4.69, 9.17) is 0 Å². The number of carbonyl (C=O) groups excluding carboxylic acids is 1. The minimum absolute atomic E-state index is 0.0728. The number of nitrogens with zero attached hydrogens (tertiary/aromatic N) is 2. The Morgan fingerprint density at radius 2 is 1.79 bits per heavy atom. The standard InChI is InChI=1S/C18H17N3OS2/c1-12-8-10-15(11-9-12)23-13(2)16(22)19-18-21-20-17(24-18)14-6-4-3-5-7-14/h3-11,13H,1-2H3,(H,19,21,22)/t13-/m0/s1. The Labute approximate surface area is 149 Å². The lowest BCUT2D eigenvalue weighted by Gasteiger charge is -2.10. The summed E-state index contributed by atoms with van der Waals surface area (Å²) in [5, 5.41) is 12.2. The van der Waals surface area contributed by atoms with Gasteiger partial charge in [0.2, 0.25) is 11.0 Å². The third kappa shape index (κ3) is 4.21. The summed E-state index contributed by atoms with van der Waals surface area (Å²) in [4.78, 5) is 13.4. The molecule has 1 aromatic heterocycles. The first kappa shape index (κ1) is 16.7. The highest BCUT2D eigenvalue weighted by molar-refractivity contribution is 8.00. The second kappa shape index (κ2) is 7.59. The van der Waals surface area contributed by atoms with Gasteiger partial charge in [-0.2, -0.15) is 0 Å². The van der Waals surface area contributed by atoms with Crippen LogP contribution < -0.4 is 5.32 Å². The number of nitrogens with one attached hydrogen (secondary N) is 1. The largest absolute Gasteiger partial charge is 0.300 e. The van der Waals surface area contributed by atoms with E-state index in [0.29, 0.717) is 5.13 Å². The number of benzene rings is 2. The average molecular weight is 355 g/mol. The molecule has 0 radical (unpaired) electrons. The van der Waals surface area contributed by atoms with E-state index in [1.54, 1.807) is 0 Å². The highest BCUT2D eigenvalue weighted by Gasteiger charge is 2.17. The van der Waals surface area contributed by atoms with Crippen LogP contribution >= 0.6 is 23.1 Å². The molecule has 4 nitrogen and oxygen atoms in total. The SMILES string of the molecule is Cc1ccc(S[C@@H](C)C(=O)Nc2nnc(-c3ccccc3)s2)cc1. The molecule has 1 heterocycles. The lowest BCUT2D eigenvalue weighted by molar-refractivity contribution is -0.115. The fourth-order valence-electron chi connectivity index (χ4n) is 2.05. The van der Waals surface area contributed by atoms with Crippen LogP contribution in [0.5, 0.6) is 0 Å². The second-order valence-corrected chi connectivity index (χ2v) is 7.73. The number of amides is 1. The molecule has 1 amide bonds. The molecular weight excluding hydrogens is 338 g/mol. The van der Waals surface area contributed by atoms with Crippen molar-refractivity contribution in [1.29, 1.82) is 0 Å². The molecule has 0 saturated carbocycles. The molecular formula is C18H17N3OS2. The molecule has 1 N–H and O–H groups in total. The molecule has 6 heteroatoms. The Kier molecular flexibility index (Phi) is 5.27. The van der Waals surface area contributed by atoms with Crippen molar-refractivity contribution in [2.24, 2.45) is 0 Å². The maximum absolute atomic E-state index is 12.3. The third-order valence-electron chi connectivity index (χ3n) is 3.38. The third-order valence-corrected chi connectivity index (χ3v) is 5.38. The first-order valence-corrected chi connectivity index (χ1v) is 9.24. The quantitative estimate of drug-likeness (QED) is 0.678. The summed E-state index contributed by atoms with van der Waals surface area (Å²) in [5.74, 6) is -0.0728. The minimum Gasteiger partial charge on any atom is -0.300 e. The van der Waals surface area contributed by atoms with Crippen molar-refractivity contribution in [2.45, 2.75) is 24.0 Å². The van der Waals surface area contributed by atoms with Crippen molar-refractivity contribution in [3.63, 3.8) is 0 Å². The molecule has 24 heavy (non-hydrogen) atoms. The van der Waals surface area contributed by atoms with Crippen LogP contribution in [0, 0.1) is 6.92 Å². The van der Waals surface area contributed by atoms with Gasteiger partial charge < -0.3 is 0 Å². The Bertz CT molecular complexity index is 816. The lowest BCUT2D eigenvalue weighted by Crippen LogP contribution is -2.22. The number of aryl methyl sites for hydroxylation is 1. The summed E-state index contributed by atoms with van der Waals surface area (Å²) in [6.45, 7) is 3.93. The number of carbonyl (C=O) groups is 1. The Morgan fingerprint density at radius 3 is 2.50 bits per heavy atom. The van der Waals surface area contributed by atoms with Crippen LogP contribution in [-0.2, 0) is 4.79 Å². The summed E-state index contributed by atoms with van der Waals surface area (Å²) in [7, 11) is 0. The Hall–Kier alpha value is -2.18. The smallest absolute Gasteiger partial charge is 0.239 e. The number of hydrogen-bond acceptors (Lipinski definition) is 5. The van der Waals surface area contributed by atoms with Crippen LogP contribution in [0.1, 0.15) is 12.5 Å². The van der Waals surface area contributed by atoms with Crippen LogP contribution in [0.3, 0.4) is 0 Å². The molecule has 0 aliphatic heterocycles. The van der Waals surface area contributed by atoms with Crippen LogP contribution in [0.2, 0.25) is 0 Å². The van der Waals surface area contributed by atoms with Crippen LogP contribution in [0.15, 0.2) is 59.5 Å². The number of aromatic nitrogens is 2. The van der Waals surface area contributed by atoms with Gasteiger partial charge in [0.05, 0.1) is 5.25 Å². The zero-order chi connectivity index (χ0) is 16.9. The number of hydrogen-bond donors (Lipinski definition) is 1. The number of thioether (sulfide) groups is 1. The van der Waals surface area contributed by atoms with E-state index in [2.05, 4.69) is 15.5 Å². The fourth-order valence-corrected chi connectivity index (χ4v) is 3.67. The van der Waals surface area contributed by atoms with E-state index >= 15 is 0 Å². The van der Waals surface area contributed by atoms with Crippen molar-refractivity contribution >= 4 is 34.1 Å². The Balaban J connectivity index is 1.62. The van der Waals surface area contributed by atoms with E-state index in [-0.39, 0.29) is 11.2 Å². The zero-order valence-electron chi connectivity index (χ0n) is 13.4. The van der Waals surface area contributed by atoms with Gasteiger partial charge in [-0.3, -0.25) is 10.1 Å². The molecule has 0 aliphatic rings. The molecule has 3 rings (SSSR count). The average Bonchev–Trinajstić information content (AvgIpc) is 3.06. The van der Waals surface area contributed by atoms with E-state index in [1.807, 2.05) is 68.4 Å². The van der Waals surface area contributed by atoms with E-state index in [1.165, 1.54) is 28.7 Å². The predicted molar refractivity (Wildman–Crippen MR) is 100 cm³/mol. The first-order chi connectivity index (χ1) is 11.6. The Morgan fingerprint density at radius 1 is 1.08 bits per heavy atom. The molecule has 122 valence electrons. The van der Waals surface area contributed by atoms with Crippen molar-refractivity contribution in [2.75, 3.05) is 5.32 Å². The lowest BCUT2D eigenvalue weighted by atomic mass is 10.2. The minimum atomic E-state index is -0.211. The topological polar surface area (TPSA) is 54.9 Å². The van der Waals surface area contributed by atoms with Gasteiger partial charge in [-0.15, -0.1) is 22.0 Å². The fraction of sp³-hybridized carbons (Fsp3) is 0.167. The molecule has 1 atom stereocenters. The highest BCUT2D eigenvalue weighted by atomic mass is 32.2. The van der Waals surface area contributed by atoms with Gasteiger partial charge in [-0.05, 0) is 26.0 Å². The normalized spacial score (nSPS) is 11.9. The van der Waals surface area contributed by atoms with E-state index in [0.717, 1.165) is 15.5 Å². The van der Waals surface area contributed by atoms with Crippen LogP contribution in [-0.4, -0.2) is 21.4 Å². The van der Waals surface area contributed by atoms with Gasteiger partial charge in [0.1, 0.15) is 5.01 Å². The van der Waals surface area contributed by atoms with Gasteiger partial charge >= 0.3 is 0 Å². The van der Waals surface area contributed by atoms with Gasteiger partial charge in [0.15, 0.2) is 0 Å². The monoisotopic (exact) mass is 355 g/mol. The summed E-state index contributed by atoms with van der Waals surface area (Å²) >= 11 is 2.90. The predicted octanol–water partition coefficient (Wildman–Crippen LogP) is 4.63.